The fourth-order valence-electron chi connectivity index (χ4n) is 2.11. The number of aromatic nitrogens is 3. The topological polar surface area (TPSA) is 90.2 Å². The Morgan fingerprint density at radius 1 is 1.41 bits per heavy atom. The molecule has 2 aromatic heterocycles. The third-order valence-electron chi connectivity index (χ3n) is 3.21. The van der Waals surface area contributed by atoms with Crippen LogP contribution in [0.15, 0.2) is 28.8 Å². The third-order valence-corrected chi connectivity index (χ3v) is 3.21. The van der Waals surface area contributed by atoms with E-state index < -0.39 is 5.97 Å². The maximum Gasteiger partial charge on any atom is 0.354 e. The zero-order valence-electron chi connectivity index (χ0n) is 12.3. The van der Waals surface area contributed by atoms with Gasteiger partial charge < -0.3 is 19.0 Å². The van der Waals surface area contributed by atoms with Crippen molar-refractivity contribution in [2.45, 2.75) is 20.0 Å². The second kappa shape index (κ2) is 5.88. The van der Waals surface area contributed by atoms with E-state index in [0.29, 0.717) is 29.6 Å². The number of aryl methyl sites for hydroxylation is 1. The van der Waals surface area contributed by atoms with E-state index in [9.17, 15) is 4.79 Å². The van der Waals surface area contributed by atoms with Crippen LogP contribution in [0.5, 0.6) is 5.75 Å². The number of rotatable bonds is 5. The number of fused-ring (bicyclic) bond motifs is 1. The molecule has 3 rings (SSSR count). The fraction of sp³-hybridized carbons (Fsp3) is 0.267. The average Bonchev–Trinajstić information content (AvgIpc) is 3.18. The van der Waals surface area contributed by atoms with Crippen LogP contribution in [0.25, 0.3) is 10.9 Å². The lowest BCUT2D eigenvalue weighted by Crippen LogP contribution is -2.00. The van der Waals surface area contributed by atoms with Gasteiger partial charge in [-0.15, -0.1) is 0 Å². The van der Waals surface area contributed by atoms with Crippen LogP contribution < -0.4 is 4.74 Å². The van der Waals surface area contributed by atoms with Gasteiger partial charge in [0.05, 0.1) is 7.11 Å². The second-order valence-electron chi connectivity index (χ2n) is 4.64. The highest BCUT2D eigenvalue weighted by Gasteiger charge is 2.13. The molecule has 0 spiro atoms. The lowest BCUT2D eigenvalue weighted by molar-refractivity contribution is 0.0595. The second-order valence-corrected chi connectivity index (χ2v) is 4.64. The van der Waals surface area contributed by atoms with Gasteiger partial charge in [0, 0.05) is 17.3 Å². The fourth-order valence-corrected chi connectivity index (χ4v) is 2.11. The average molecular weight is 301 g/mol. The molecule has 1 N–H and O–H groups in total. The molecule has 2 heterocycles. The van der Waals surface area contributed by atoms with Crippen molar-refractivity contribution in [1.29, 1.82) is 0 Å². The van der Waals surface area contributed by atoms with Crippen LogP contribution in [0, 0.1) is 0 Å². The molecule has 0 saturated carbocycles. The van der Waals surface area contributed by atoms with Gasteiger partial charge >= 0.3 is 5.97 Å². The molecule has 3 aromatic rings. The molecule has 22 heavy (non-hydrogen) atoms. The number of methoxy groups -OCH3 is 1. The molecular weight excluding hydrogens is 286 g/mol. The highest BCUT2D eigenvalue weighted by Crippen LogP contribution is 2.27. The number of H-pyrrole nitrogens is 1. The van der Waals surface area contributed by atoms with Crippen molar-refractivity contribution in [3.05, 3.63) is 41.7 Å². The van der Waals surface area contributed by atoms with Gasteiger partial charge in [-0.25, -0.2) is 4.79 Å². The van der Waals surface area contributed by atoms with Gasteiger partial charge in [-0.1, -0.05) is 18.1 Å². The van der Waals surface area contributed by atoms with E-state index in [0.717, 1.165) is 10.9 Å². The van der Waals surface area contributed by atoms with Crippen LogP contribution >= 0.6 is 0 Å². The molecule has 0 radical (unpaired) electrons. The number of carbonyl (C=O) groups is 1. The Labute approximate surface area is 126 Å². The predicted molar refractivity (Wildman–Crippen MR) is 77.6 cm³/mol. The van der Waals surface area contributed by atoms with E-state index in [1.54, 1.807) is 6.07 Å². The molecule has 0 amide bonds. The van der Waals surface area contributed by atoms with Gasteiger partial charge in [-0.05, 0) is 18.2 Å². The number of benzene rings is 1. The summed E-state index contributed by atoms with van der Waals surface area (Å²) in [5.74, 6) is 1.26. The molecular formula is C15H15N3O4. The van der Waals surface area contributed by atoms with Crippen LogP contribution in [0.2, 0.25) is 0 Å². The van der Waals surface area contributed by atoms with Gasteiger partial charge in [-0.2, -0.15) is 4.98 Å². The number of nitrogens with one attached hydrogen (secondary N) is 1. The Bertz CT molecular complexity index is 806. The summed E-state index contributed by atoms with van der Waals surface area (Å²) in [4.78, 5) is 18.8. The Kier molecular flexibility index (Phi) is 3.78. The van der Waals surface area contributed by atoms with Crippen LogP contribution in [0.4, 0.5) is 0 Å². The van der Waals surface area contributed by atoms with Crippen molar-refractivity contribution >= 4 is 16.9 Å². The van der Waals surface area contributed by atoms with Gasteiger partial charge in [0.25, 0.3) is 5.89 Å². The van der Waals surface area contributed by atoms with Crippen LogP contribution in [-0.2, 0) is 17.8 Å². The van der Waals surface area contributed by atoms with Gasteiger partial charge in [0.2, 0.25) is 0 Å². The van der Waals surface area contributed by atoms with E-state index in [2.05, 4.69) is 15.1 Å². The van der Waals surface area contributed by atoms with E-state index in [1.165, 1.54) is 7.11 Å². The van der Waals surface area contributed by atoms with Crippen molar-refractivity contribution in [2.24, 2.45) is 0 Å². The number of esters is 1. The van der Waals surface area contributed by atoms with Crippen molar-refractivity contribution in [1.82, 2.24) is 15.1 Å². The zero-order valence-corrected chi connectivity index (χ0v) is 12.3. The van der Waals surface area contributed by atoms with Crippen LogP contribution in [0.3, 0.4) is 0 Å². The monoisotopic (exact) mass is 301 g/mol. The molecule has 0 atom stereocenters. The van der Waals surface area contributed by atoms with Crippen LogP contribution in [-0.4, -0.2) is 28.2 Å². The lowest BCUT2D eigenvalue weighted by atomic mass is 10.2. The summed E-state index contributed by atoms with van der Waals surface area (Å²) in [6.07, 6.45) is 0.708. The molecule has 1 aromatic carbocycles. The molecule has 0 aliphatic rings. The van der Waals surface area contributed by atoms with E-state index in [-0.39, 0.29) is 6.61 Å². The SMILES string of the molecule is CCc1noc(COc2cccc3[nH]c(C(=O)OC)cc23)n1. The van der Waals surface area contributed by atoms with Gasteiger partial charge in [0.15, 0.2) is 12.4 Å². The predicted octanol–water partition coefficient (Wildman–Crippen LogP) is 2.48. The molecule has 7 nitrogen and oxygen atoms in total. The summed E-state index contributed by atoms with van der Waals surface area (Å²) in [6.45, 7) is 2.12. The molecule has 114 valence electrons. The summed E-state index contributed by atoms with van der Waals surface area (Å²) in [7, 11) is 1.34. The summed E-state index contributed by atoms with van der Waals surface area (Å²) in [6, 6.07) is 7.20. The zero-order chi connectivity index (χ0) is 15.5. The minimum absolute atomic E-state index is 0.171. The number of aromatic amines is 1. The largest absolute Gasteiger partial charge is 0.483 e. The maximum atomic E-state index is 11.6. The molecule has 0 fully saturated rings. The molecule has 0 aliphatic carbocycles. The smallest absolute Gasteiger partial charge is 0.354 e. The van der Waals surface area contributed by atoms with E-state index in [1.807, 2.05) is 25.1 Å². The molecule has 0 bridgehead atoms. The minimum atomic E-state index is -0.424. The van der Waals surface area contributed by atoms with Gasteiger partial charge in [-0.3, -0.25) is 0 Å². The number of ether oxygens (including phenoxy) is 2. The first-order valence-corrected chi connectivity index (χ1v) is 6.85. The van der Waals surface area contributed by atoms with Crippen molar-refractivity contribution in [3.8, 4) is 5.75 Å². The normalized spacial score (nSPS) is 10.8. The van der Waals surface area contributed by atoms with Crippen molar-refractivity contribution in [2.75, 3.05) is 7.11 Å². The lowest BCUT2D eigenvalue weighted by Gasteiger charge is -2.04. The first-order valence-electron chi connectivity index (χ1n) is 6.85. The molecule has 7 heteroatoms. The number of hydrogen-bond donors (Lipinski definition) is 1. The Morgan fingerprint density at radius 2 is 2.27 bits per heavy atom. The van der Waals surface area contributed by atoms with E-state index in [4.69, 9.17) is 14.0 Å². The molecule has 0 unspecified atom stereocenters. The highest BCUT2D eigenvalue weighted by atomic mass is 16.5. The first kappa shape index (κ1) is 14.1. The summed E-state index contributed by atoms with van der Waals surface area (Å²) < 4.78 is 15.5. The first-order chi connectivity index (χ1) is 10.7. The standard InChI is InChI=1S/C15H15N3O4/c1-3-13-17-14(22-18-13)8-21-12-6-4-5-10-9(12)7-11(16-10)15(19)20-2/h4-7,16H,3,8H2,1-2H3. The number of hydrogen-bond acceptors (Lipinski definition) is 6. The summed E-state index contributed by atoms with van der Waals surface area (Å²) in [5.41, 5.74) is 1.16. The third kappa shape index (κ3) is 2.65. The Morgan fingerprint density at radius 3 is 3.00 bits per heavy atom. The molecule has 0 aliphatic heterocycles. The molecule has 0 saturated heterocycles. The van der Waals surface area contributed by atoms with Crippen LogP contribution in [0.1, 0.15) is 29.1 Å². The Balaban J connectivity index is 1.83. The summed E-state index contributed by atoms with van der Waals surface area (Å²) in [5, 5.41) is 4.60. The maximum absolute atomic E-state index is 11.6. The quantitative estimate of drug-likeness (QED) is 0.728. The van der Waals surface area contributed by atoms with Crippen molar-refractivity contribution < 1.29 is 18.8 Å². The van der Waals surface area contributed by atoms with E-state index >= 15 is 0 Å². The highest BCUT2D eigenvalue weighted by molar-refractivity contribution is 5.96. The number of nitrogens with zero attached hydrogens (tertiary/aromatic N) is 2. The van der Waals surface area contributed by atoms with Gasteiger partial charge in [0.1, 0.15) is 11.4 Å². The van der Waals surface area contributed by atoms with Crippen molar-refractivity contribution in [3.63, 3.8) is 0 Å². The Hall–Kier alpha value is -2.83. The number of carbonyl (C=O) groups excluding carboxylic acids is 1. The minimum Gasteiger partial charge on any atom is -0.483 e. The summed E-state index contributed by atoms with van der Waals surface area (Å²) >= 11 is 0.